The van der Waals surface area contributed by atoms with Gasteiger partial charge in [0.25, 0.3) is 0 Å². The normalized spacial score (nSPS) is 22.7. The van der Waals surface area contributed by atoms with Crippen LogP contribution in [0.5, 0.6) is 0 Å². The predicted octanol–water partition coefficient (Wildman–Crippen LogP) is 3.56. The highest BCUT2D eigenvalue weighted by atomic mass is 35.5. The van der Waals surface area contributed by atoms with Crippen LogP contribution < -0.4 is 5.73 Å². The molecule has 1 unspecified atom stereocenters. The van der Waals surface area contributed by atoms with Crippen molar-refractivity contribution in [2.24, 2.45) is 11.1 Å². The number of benzene rings is 1. The van der Waals surface area contributed by atoms with Crippen molar-refractivity contribution in [3.05, 3.63) is 58.7 Å². The van der Waals surface area contributed by atoms with E-state index in [0.717, 1.165) is 5.56 Å². The Labute approximate surface area is 142 Å². The zero-order valence-corrected chi connectivity index (χ0v) is 13.9. The first kappa shape index (κ1) is 17.1. The van der Waals surface area contributed by atoms with Gasteiger partial charge in [-0.05, 0) is 11.0 Å². The molecule has 0 saturated carbocycles. The number of ether oxygens (including phenoxy) is 1. The molecule has 1 atom stereocenters. The lowest BCUT2D eigenvalue weighted by Crippen LogP contribution is -2.33. The molecule has 23 heavy (non-hydrogen) atoms. The third-order valence-corrected chi connectivity index (χ3v) is 4.21. The molecule has 1 aliphatic carbocycles. The van der Waals surface area contributed by atoms with E-state index in [4.69, 9.17) is 10.5 Å². The van der Waals surface area contributed by atoms with Crippen LogP contribution in [0.15, 0.2) is 53.1 Å². The fourth-order valence-corrected chi connectivity index (χ4v) is 3.26. The van der Waals surface area contributed by atoms with Crippen molar-refractivity contribution in [3.8, 4) is 6.07 Å². The van der Waals surface area contributed by atoms with Gasteiger partial charge in [-0.15, -0.1) is 12.4 Å². The molecule has 120 valence electrons. The summed E-state index contributed by atoms with van der Waals surface area (Å²) in [6, 6.07) is 11.6. The van der Waals surface area contributed by atoms with E-state index in [1.165, 1.54) is 0 Å². The topological polar surface area (TPSA) is 76.1 Å². The molecule has 0 amide bonds. The number of hydrogen-bond acceptors (Lipinski definition) is 4. The minimum absolute atomic E-state index is 0. The molecule has 0 aromatic heterocycles. The number of carbonyl (C=O) groups excluding carboxylic acids is 1. The van der Waals surface area contributed by atoms with E-state index in [1.807, 2.05) is 44.2 Å². The average molecular weight is 331 g/mol. The summed E-state index contributed by atoms with van der Waals surface area (Å²) < 4.78 is 5.65. The molecule has 3 rings (SSSR count). The SMILES string of the molecule is CC1(C)CC(=O)C2=C(C1)OC(N)=C(C#N)C2c1ccccc1.Cl. The van der Waals surface area contributed by atoms with Crippen LogP contribution in [0.1, 0.15) is 38.2 Å². The van der Waals surface area contributed by atoms with Gasteiger partial charge in [0.1, 0.15) is 17.4 Å². The predicted molar refractivity (Wildman–Crippen MR) is 89.4 cm³/mol. The van der Waals surface area contributed by atoms with Crippen molar-refractivity contribution in [1.82, 2.24) is 0 Å². The van der Waals surface area contributed by atoms with E-state index in [1.54, 1.807) is 0 Å². The Balaban J connectivity index is 0.00000192. The first-order valence-electron chi connectivity index (χ1n) is 7.32. The first-order chi connectivity index (χ1) is 10.4. The van der Waals surface area contributed by atoms with Crippen molar-refractivity contribution in [2.45, 2.75) is 32.6 Å². The van der Waals surface area contributed by atoms with Gasteiger partial charge in [0.2, 0.25) is 5.88 Å². The molecular weight excluding hydrogens is 312 g/mol. The van der Waals surface area contributed by atoms with Gasteiger partial charge in [-0.1, -0.05) is 44.2 Å². The lowest BCUT2D eigenvalue weighted by atomic mass is 9.70. The molecule has 4 nitrogen and oxygen atoms in total. The summed E-state index contributed by atoms with van der Waals surface area (Å²) in [5, 5.41) is 9.47. The molecule has 1 aromatic carbocycles. The number of nitriles is 1. The summed E-state index contributed by atoms with van der Waals surface area (Å²) in [6.07, 6.45) is 1.11. The van der Waals surface area contributed by atoms with E-state index in [2.05, 4.69) is 6.07 Å². The minimum atomic E-state index is -0.418. The molecule has 1 aromatic rings. The fraction of sp³-hybridized carbons (Fsp3) is 0.333. The van der Waals surface area contributed by atoms with Crippen LogP contribution in [0.25, 0.3) is 0 Å². The number of nitrogens with two attached hydrogens (primary N) is 1. The van der Waals surface area contributed by atoms with Crippen molar-refractivity contribution >= 4 is 18.2 Å². The number of Topliss-reactive ketones (excluding diaryl/α,β-unsaturated/α-hetero) is 1. The molecule has 0 spiro atoms. The maximum atomic E-state index is 12.7. The van der Waals surface area contributed by atoms with Crippen LogP contribution in [0.4, 0.5) is 0 Å². The van der Waals surface area contributed by atoms with E-state index < -0.39 is 5.92 Å². The fourth-order valence-electron chi connectivity index (χ4n) is 3.26. The second-order valence-corrected chi connectivity index (χ2v) is 6.61. The quantitative estimate of drug-likeness (QED) is 0.854. The van der Waals surface area contributed by atoms with Crippen molar-refractivity contribution in [3.63, 3.8) is 0 Å². The number of rotatable bonds is 1. The van der Waals surface area contributed by atoms with E-state index >= 15 is 0 Å². The number of halogens is 1. The number of carbonyl (C=O) groups is 1. The van der Waals surface area contributed by atoms with Crippen LogP contribution >= 0.6 is 12.4 Å². The molecule has 0 bridgehead atoms. The monoisotopic (exact) mass is 330 g/mol. The van der Waals surface area contributed by atoms with Gasteiger partial charge in [0, 0.05) is 18.4 Å². The first-order valence-corrected chi connectivity index (χ1v) is 7.32. The Kier molecular flexibility index (Phi) is 4.53. The number of allylic oxidation sites excluding steroid dienone is 3. The third kappa shape index (κ3) is 2.97. The molecule has 2 aliphatic rings. The Morgan fingerprint density at radius 1 is 1.26 bits per heavy atom. The van der Waals surface area contributed by atoms with E-state index in [-0.39, 0.29) is 29.5 Å². The van der Waals surface area contributed by atoms with Gasteiger partial charge in [-0.3, -0.25) is 4.79 Å². The highest BCUT2D eigenvalue weighted by molar-refractivity contribution is 6.00. The summed E-state index contributed by atoms with van der Waals surface area (Å²) in [6.45, 7) is 4.07. The van der Waals surface area contributed by atoms with Crippen LogP contribution in [0.2, 0.25) is 0 Å². The standard InChI is InChI=1S/C18H18N2O2.ClH/c1-18(2)8-13(21)16-14(9-18)22-17(20)12(10-19)15(16)11-6-4-3-5-7-11;/h3-7,15H,8-9,20H2,1-2H3;1H. The van der Waals surface area contributed by atoms with Crippen LogP contribution in [-0.2, 0) is 9.53 Å². The second kappa shape index (κ2) is 6.10. The zero-order chi connectivity index (χ0) is 15.9. The lowest BCUT2D eigenvalue weighted by molar-refractivity contribution is -0.119. The highest BCUT2D eigenvalue weighted by Gasteiger charge is 2.42. The molecular formula is C18H19ClN2O2. The summed E-state index contributed by atoms with van der Waals surface area (Å²) in [4.78, 5) is 12.7. The maximum Gasteiger partial charge on any atom is 0.205 e. The molecule has 5 heteroatoms. The minimum Gasteiger partial charge on any atom is -0.444 e. The van der Waals surface area contributed by atoms with Crippen LogP contribution in [0.3, 0.4) is 0 Å². The average Bonchev–Trinajstić information content (AvgIpc) is 2.45. The molecule has 1 aliphatic heterocycles. The largest absolute Gasteiger partial charge is 0.444 e. The van der Waals surface area contributed by atoms with Gasteiger partial charge in [0.15, 0.2) is 5.78 Å². The summed E-state index contributed by atoms with van der Waals surface area (Å²) in [5.74, 6) is 0.353. The zero-order valence-electron chi connectivity index (χ0n) is 13.1. The van der Waals surface area contributed by atoms with Gasteiger partial charge in [-0.2, -0.15) is 5.26 Å². The second-order valence-electron chi connectivity index (χ2n) is 6.61. The lowest BCUT2D eigenvalue weighted by Gasteiger charge is -2.37. The molecule has 2 N–H and O–H groups in total. The smallest absolute Gasteiger partial charge is 0.205 e. The number of ketones is 1. The van der Waals surface area contributed by atoms with Gasteiger partial charge >= 0.3 is 0 Å². The Morgan fingerprint density at radius 3 is 2.52 bits per heavy atom. The van der Waals surface area contributed by atoms with Gasteiger partial charge < -0.3 is 10.5 Å². The van der Waals surface area contributed by atoms with E-state index in [0.29, 0.717) is 29.7 Å². The van der Waals surface area contributed by atoms with E-state index in [9.17, 15) is 10.1 Å². The maximum absolute atomic E-state index is 12.7. The summed E-state index contributed by atoms with van der Waals surface area (Å²) in [5.41, 5.74) is 7.60. The van der Waals surface area contributed by atoms with Crippen molar-refractivity contribution < 1.29 is 9.53 Å². The van der Waals surface area contributed by atoms with Gasteiger partial charge in [-0.25, -0.2) is 0 Å². The molecule has 0 radical (unpaired) electrons. The molecule has 0 saturated heterocycles. The van der Waals surface area contributed by atoms with Crippen molar-refractivity contribution in [2.75, 3.05) is 0 Å². The highest BCUT2D eigenvalue weighted by Crippen LogP contribution is 2.47. The van der Waals surface area contributed by atoms with Crippen LogP contribution in [-0.4, -0.2) is 5.78 Å². The van der Waals surface area contributed by atoms with Crippen LogP contribution in [0, 0.1) is 16.7 Å². The third-order valence-electron chi connectivity index (χ3n) is 4.21. The number of nitrogens with zero attached hydrogens (tertiary/aromatic N) is 1. The molecule has 0 fully saturated rings. The Morgan fingerprint density at radius 2 is 1.91 bits per heavy atom. The Hall–Kier alpha value is -2.25. The van der Waals surface area contributed by atoms with Crippen molar-refractivity contribution in [1.29, 1.82) is 5.26 Å². The Bertz CT molecular complexity index is 742. The van der Waals surface area contributed by atoms with Gasteiger partial charge in [0.05, 0.1) is 5.92 Å². The molecule has 1 heterocycles. The summed E-state index contributed by atoms with van der Waals surface area (Å²) in [7, 11) is 0. The summed E-state index contributed by atoms with van der Waals surface area (Å²) >= 11 is 0. The number of hydrogen-bond donors (Lipinski definition) is 1.